The van der Waals surface area contributed by atoms with Crippen molar-refractivity contribution in [3.63, 3.8) is 0 Å². The van der Waals surface area contributed by atoms with E-state index >= 15 is 0 Å². The lowest BCUT2D eigenvalue weighted by molar-refractivity contribution is -0.386. The zero-order chi connectivity index (χ0) is 21.3. The Hall–Kier alpha value is -3.42. The second kappa shape index (κ2) is 7.90. The second-order valence-corrected chi connectivity index (χ2v) is 6.90. The third-order valence-electron chi connectivity index (χ3n) is 4.96. The number of carbonyl (C=O) groups excluding carboxylic acids is 1. The van der Waals surface area contributed by atoms with Gasteiger partial charge in [0, 0.05) is 22.6 Å². The first-order chi connectivity index (χ1) is 13.7. The fraction of sp³-hybridized carbons (Fsp3) is 0.333. The Balaban J connectivity index is 1.91. The van der Waals surface area contributed by atoms with Crippen molar-refractivity contribution >= 4 is 11.5 Å². The molecule has 0 bridgehead atoms. The predicted octanol–water partition coefficient (Wildman–Crippen LogP) is 4.10. The third kappa shape index (κ3) is 3.78. The molecular formula is C21H24N4O4. The van der Waals surface area contributed by atoms with Crippen LogP contribution in [-0.4, -0.2) is 31.7 Å². The zero-order valence-corrected chi connectivity index (χ0v) is 17.2. The highest BCUT2D eigenvalue weighted by Gasteiger charge is 2.24. The number of hydrogen-bond donors (Lipinski definition) is 0. The first kappa shape index (κ1) is 20.3. The molecule has 3 aromatic rings. The Kier molecular flexibility index (Phi) is 5.54. The molecule has 3 rings (SSSR count). The Morgan fingerprint density at radius 1 is 1.14 bits per heavy atom. The van der Waals surface area contributed by atoms with Crippen molar-refractivity contribution < 1.29 is 14.5 Å². The van der Waals surface area contributed by atoms with E-state index in [9.17, 15) is 14.9 Å². The standard InChI is InChI=1S/C21H24N4O4/c1-6-29-18-9-7-17(8-10-18)24-13(2)11-19(15(24)4)20(26)12-23-16(5)21(25(27)28)14(3)22-23/h7-11H,6,12H2,1-5H3. The van der Waals surface area contributed by atoms with Crippen LogP contribution >= 0.6 is 0 Å². The van der Waals surface area contributed by atoms with E-state index in [1.54, 1.807) is 13.8 Å². The topological polar surface area (TPSA) is 92.2 Å². The van der Waals surface area contributed by atoms with Gasteiger partial charge in [0.05, 0.1) is 11.5 Å². The Labute approximate surface area is 168 Å². The van der Waals surface area contributed by atoms with Gasteiger partial charge < -0.3 is 9.30 Å². The van der Waals surface area contributed by atoms with E-state index in [1.165, 1.54) is 4.68 Å². The number of benzene rings is 1. The zero-order valence-electron chi connectivity index (χ0n) is 17.2. The number of Topliss-reactive ketones (excluding diaryl/α,β-unsaturated/α-hetero) is 1. The van der Waals surface area contributed by atoms with Crippen molar-refractivity contribution in [2.75, 3.05) is 6.61 Å². The van der Waals surface area contributed by atoms with Crippen LogP contribution in [0.4, 0.5) is 5.69 Å². The maximum Gasteiger partial charge on any atom is 0.312 e. The monoisotopic (exact) mass is 396 g/mol. The van der Waals surface area contributed by atoms with Crippen molar-refractivity contribution in [1.29, 1.82) is 0 Å². The summed E-state index contributed by atoms with van der Waals surface area (Å²) in [7, 11) is 0. The molecule has 29 heavy (non-hydrogen) atoms. The molecule has 8 nitrogen and oxygen atoms in total. The summed E-state index contributed by atoms with van der Waals surface area (Å²) in [5, 5.41) is 15.4. The quantitative estimate of drug-likeness (QED) is 0.341. The minimum absolute atomic E-state index is 0.0438. The van der Waals surface area contributed by atoms with Gasteiger partial charge in [0.2, 0.25) is 0 Å². The summed E-state index contributed by atoms with van der Waals surface area (Å²) in [5.74, 6) is 0.650. The van der Waals surface area contributed by atoms with Gasteiger partial charge >= 0.3 is 5.69 Å². The maximum absolute atomic E-state index is 12.9. The molecule has 0 aliphatic rings. The molecule has 0 spiro atoms. The van der Waals surface area contributed by atoms with Crippen LogP contribution in [-0.2, 0) is 6.54 Å². The number of aryl methyl sites for hydroxylation is 2. The van der Waals surface area contributed by atoms with Gasteiger partial charge in [-0.05, 0) is 65.0 Å². The number of rotatable bonds is 7. The number of nitro groups is 1. The molecule has 0 atom stereocenters. The summed E-state index contributed by atoms with van der Waals surface area (Å²) in [6.07, 6.45) is 0. The van der Waals surface area contributed by atoms with Crippen molar-refractivity contribution in [1.82, 2.24) is 14.3 Å². The summed E-state index contributed by atoms with van der Waals surface area (Å²) >= 11 is 0. The largest absolute Gasteiger partial charge is 0.494 e. The molecule has 8 heteroatoms. The molecule has 0 unspecified atom stereocenters. The van der Waals surface area contributed by atoms with Crippen molar-refractivity contribution in [2.24, 2.45) is 0 Å². The highest BCUT2D eigenvalue weighted by atomic mass is 16.6. The fourth-order valence-electron chi connectivity index (χ4n) is 3.63. The van der Waals surface area contributed by atoms with E-state index < -0.39 is 4.92 Å². The SMILES string of the molecule is CCOc1ccc(-n2c(C)cc(C(=O)Cn3nc(C)c([N+](=O)[O-])c3C)c2C)cc1. The molecule has 0 saturated heterocycles. The average molecular weight is 396 g/mol. The van der Waals surface area contributed by atoms with Gasteiger partial charge in [-0.1, -0.05) is 0 Å². The van der Waals surface area contributed by atoms with E-state index in [0.29, 0.717) is 23.6 Å². The molecule has 2 aromatic heterocycles. The Bertz CT molecular complexity index is 1080. The van der Waals surface area contributed by atoms with Crippen LogP contribution in [0.1, 0.15) is 40.1 Å². The maximum atomic E-state index is 12.9. The van der Waals surface area contributed by atoms with E-state index in [2.05, 4.69) is 5.10 Å². The minimum Gasteiger partial charge on any atom is -0.494 e. The average Bonchev–Trinajstić information content (AvgIpc) is 3.11. The fourth-order valence-corrected chi connectivity index (χ4v) is 3.63. The van der Waals surface area contributed by atoms with Crippen molar-refractivity contribution in [3.05, 3.63) is 68.8 Å². The Morgan fingerprint density at radius 2 is 1.79 bits per heavy atom. The normalized spacial score (nSPS) is 10.9. The summed E-state index contributed by atoms with van der Waals surface area (Å²) in [6.45, 7) is 9.49. The first-order valence-electron chi connectivity index (χ1n) is 9.38. The van der Waals surface area contributed by atoms with Crippen molar-refractivity contribution in [3.8, 4) is 11.4 Å². The summed E-state index contributed by atoms with van der Waals surface area (Å²) in [6, 6.07) is 9.53. The van der Waals surface area contributed by atoms with Crippen LogP contribution in [0.3, 0.4) is 0 Å². The summed E-state index contributed by atoms with van der Waals surface area (Å²) in [5.41, 5.74) is 3.89. The van der Waals surface area contributed by atoms with E-state index in [0.717, 1.165) is 22.8 Å². The number of ketones is 1. The highest BCUT2D eigenvalue weighted by molar-refractivity contribution is 5.97. The van der Waals surface area contributed by atoms with Gasteiger partial charge in [0.15, 0.2) is 5.78 Å². The van der Waals surface area contributed by atoms with Gasteiger partial charge in [-0.15, -0.1) is 0 Å². The number of aromatic nitrogens is 3. The number of nitrogens with zero attached hydrogens (tertiary/aromatic N) is 4. The highest BCUT2D eigenvalue weighted by Crippen LogP contribution is 2.25. The van der Waals surface area contributed by atoms with Crippen LogP contribution < -0.4 is 4.74 Å². The molecule has 1 aromatic carbocycles. The molecule has 0 saturated carbocycles. The molecule has 0 N–H and O–H groups in total. The lowest BCUT2D eigenvalue weighted by Gasteiger charge is -2.11. The number of carbonyl (C=O) groups is 1. The van der Waals surface area contributed by atoms with Gasteiger partial charge in [0.1, 0.15) is 23.7 Å². The van der Waals surface area contributed by atoms with Crippen LogP contribution in [0, 0.1) is 37.8 Å². The molecular weight excluding hydrogens is 372 g/mol. The molecule has 152 valence electrons. The lowest BCUT2D eigenvalue weighted by atomic mass is 10.1. The Morgan fingerprint density at radius 3 is 2.34 bits per heavy atom. The van der Waals surface area contributed by atoms with Gasteiger partial charge in [-0.25, -0.2) is 0 Å². The predicted molar refractivity (Wildman–Crippen MR) is 109 cm³/mol. The molecule has 0 aliphatic carbocycles. The smallest absolute Gasteiger partial charge is 0.312 e. The van der Waals surface area contributed by atoms with Crippen molar-refractivity contribution in [2.45, 2.75) is 41.2 Å². The van der Waals surface area contributed by atoms with Gasteiger partial charge in [-0.2, -0.15) is 5.10 Å². The van der Waals surface area contributed by atoms with Gasteiger partial charge in [-0.3, -0.25) is 19.6 Å². The van der Waals surface area contributed by atoms with Crippen LogP contribution in [0.5, 0.6) is 5.75 Å². The first-order valence-corrected chi connectivity index (χ1v) is 9.38. The molecule has 0 amide bonds. The minimum atomic E-state index is -0.462. The number of ether oxygens (including phenoxy) is 1. The van der Waals surface area contributed by atoms with Crippen LogP contribution in [0.2, 0.25) is 0 Å². The number of hydrogen-bond acceptors (Lipinski definition) is 5. The molecule has 0 radical (unpaired) electrons. The van der Waals surface area contributed by atoms with E-state index in [1.807, 2.05) is 55.7 Å². The summed E-state index contributed by atoms with van der Waals surface area (Å²) in [4.78, 5) is 23.7. The molecule has 2 heterocycles. The van der Waals surface area contributed by atoms with Gasteiger partial charge in [0.25, 0.3) is 0 Å². The van der Waals surface area contributed by atoms with E-state index in [4.69, 9.17) is 4.74 Å². The lowest BCUT2D eigenvalue weighted by Crippen LogP contribution is -2.14. The summed E-state index contributed by atoms with van der Waals surface area (Å²) < 4.78 is 8.89. The molecule has 0 aliphatic heterocycles. The van der Waals surface area contributed by atoms with E-state index in [-0.39, 0.29) is 18.0 Å². The molecule has 0 fully saturated rings. The third-order valence-corrected chi connectivity index (χ3v) is 4.96. The van der Waals surface area contributed by atoms with Crippen LogP contribution in [0.15, 0.2) is 30.3 Å². The second-order valence-electron chi connectivity index (χ2n) is 6.90. The van der Waals surface area contributed by atoms with Crippen LogP contribution in [0.25, 0.3) is 5.69 Å².